The van der Waals surface area contributed by atoms with E-state index in [1.54, 1.807) is 0 Å². The molecule has 0 aromatic rings. The lowest BCUT2D eigenvalue weighted by molar-refractivity contribution is -0.141. The summed E-state index contributed by atoms with van der Waals surface area (Å²) >= 11 is 0. The number of ether oxygens (including phenoxy) is 1. The molecule has 2 atom stereocenters. The van der Waals surface area contributed by atoms with Crippen LogP contribution in [0.2, 0.25) is 0 Å². The summed E-state index contributed by atoms with van der Waals surface area (Å²) in [6.07, 6.45) is 3.51. The minimum atomic E-state index is -0.170. The largest absolute Gasteiger partial charge is 0.466 e. The SMILES string of the molecule is CC(=O)OCCC1CCC(C)CN1C. The summed E-state index contributed by atoms with van der Waals surface area (Å²) in [5.41, 5.74) is 0. The van der Waals surface area contributed by atoms with Crippen molar-refractivity contribution in [1.82, 2.24) is 4.90 Å². The summed E-state index contributed by atoms with van der Waals surface area (Å²) in [7, 11) is 2.16. The molecule has 0 bridgehead atoms. The van der Waals surface area contributed by atoms with E-state index in [0.29, 0.717) is 12.6 Å². The molecular formula is C11H21NO2. The maximum Gasteiger partial charge on any atom is 0.302 e. The first-order valence-corrected chi connectivity index (χ1v) is 5.43. The Kier molecular flexibility index (Phi) is 4.39. The van der Waals surface area contributed by atoms with Crippen LogP contribution in [0.4, 0.5) is 0 Å². The fraction of sp³-hybridized carbons (Fsp3) is 0.909. The second-order valence-corrected chi connectivity index (χ2v) is 4.40. The Bertz CT molecular complexity index is 194. The molecule has 0 aromatic heterocycles. The molecule has 0 saturated carbocycles. The van der Waals surface area contributed by atoms with E-state index in [1.807, 2.05) is 0 Å². The first kappa shape index (κ1) is 11.5. The van der Waals surface area contributed by atoms with Crippen LogP contribution in [0, 0.1) is 5.92 Å². The van der Waals surface area contributed by atoms with Gasteiger partial charge in [-0.1, -0.05) is 6.92 Å². The maximum absolute atomic E-state index is 10.6. The number of nitrogens with zero attached hydrogens (tertiary/aromatic N) is 1. The van der Waals surface area contributed by atoms with Gasteiger partial charge in [0.15, 0.2) is 0 Å². The van der Waals surface area contributed by atoms with E-state index in [9.17, 15) is 4.79 Å². The van der Waals surface area contributed by atoms with Gasteiger partial charge in [-0.15, -0.1) is 0 Å². The summed E-state index contributed by atoms with van der Waals surface area (Å²) in [5.74, 6) is 0.641. The van der Waals surface area contributed by atoms with Crippen molar-refractivity contribution in [3.05, 3.63) is 0 Å². The molecule has 0 aliphatic carbocycles. The Morgan fingerprint density at radius 2 is 2.21 bits per heavy atom. The lowest BCUT2D eigenvalue weighted by atomic mass is 9.93. The topological polar surface area (TPSA) is 29.5 Å². The quantitative estimate of drug-likeness (QED) is 0.648. The number of piperidine rings is 1. The number of carbonyl (C=O) groups is 1. The number of hydrogen-bond donors (Lipinski definition) is 0. The van der Waals surface area contributed by atoms with Crippen LogP contribution >= 0.6 is 0 Å². The van der Waals surface area contributed by atoms with Crippen LogP contribution in [0.25, 0.3) is 0 Å². The number of carbonyl (C=O) groups excluding carboxylic acids is 1. The van der Waals surface area contributed by atoms with Crippen molar-refractivity contribution >= 4 is 5.97 Å². The highest BCUT2D eigenvalue weighted by atomic mass is 16.5. The summed E-state index contributed by atoms with van der Waals surface area (Å²) < 4.78 is 4.95. The van der Waals surface area contributed by atoms with Crippen molar-refractivity contribution in [3.8, 4) is 0 Å². The van der Waals surface area contributed by atoms with Gasteiger partial charge in [-0.25, -0.2) is 0 Å². The fourth-order valence-corrected chi connectivity index (χ4v) is 2.13. The lowest BCUT2D eigenvalue weighted by Crippen LogP contribution is -2.40. The van der Waals surface area contributed by atoms with Crippen LogP contribution in [0.3, 0.4) is 0 Å². The van der Waals surface area contributed by atoms with E-state index in [4.69, 9.17) is 4.74 Å². The van der Waals surface area contributed by atoms with Gasteiger partial charge in [-0.2, -0.15) is 0 Å². The van der Waals surface area contributed by atoms with Gasteiger partial charge < -0.3 is 9.64 Å². The Labute approximate surface area is 86.4 Å². The van der Waals surface area contributed by atoms with E-state index in [1.165, 1.54) is 26.3 Å². The molecule has 82 valence electrons. The van der Waals surface area contributed by atoms with E-state index in [-0.39, 0.29) is 5.97 Å². The Morgan fingerprint density at radius 3 is 2.79 bits per heavy atom. The third-order valence-corrected chi connectivity index (χ3v) is 2.97. The summed E-state index contributed by atoms with van der Waals surface area (Å²) in [6.45, 7) is 5.49. The van der Waals surface area contributed by atoms with Crippen molar-refractivity contribution in [3.63, 3.8) is 0 Å². The predicted octanol–water partition coefficient (Wildman–Crippen LogP) is 1.67. The molecule has 14 heavy (non-hydrogen) atoms. The highest BCUT2D eigenvalue weighted by Gasteiger charge is 2.22. The molecule has 1 rings (SSSR count). The van der Waals surface area contributed by atoms with Gasteiger partial charge >= 0.3 is 5.97 Å². The fourth-order valence-electron chi connectivity index (χ4n) is 2.13. The minimum Gasteiger partial charge on any atom is -0.466 e. The third-order valence-electron chi connectivity index (χ3n) is 2.97. The van der Waals surface area contributed by atoms with Gasteiger partial charge in [0.25, 0.3) is 0 Å². The Morgan fingerprint density at radius 1 is 1.50 bits per heavy atom. The number of likely N-dealkylation sites (tertiary alicyclic amines) is 1. The third kappa shape index (κ3) is 3.66. The molecular weight excluding hydrogens is 178 g/mol. The molecule has 3 heteroatoms. The summed E-state index contributed by atoms with van der Waals surface area (Å²) in [5, 5.41) is 0. The molecule has 0 amide bonds. The van der Waals surface area contributed by atoms with E-state index in [0.717, 1.165) is 12.3 Å². The van der Waals surface area contributed by atoms with Gasteiger partial charge in [-0.3, -0.25) is 4.79 Å². The van der Waals surface area contributed by atoms with Crippen molar-refractivity contribution in [1.29, 1.82) is 0 Å². The molecule has 0 N–H and O–H groups in total. The second-order valence-electron chi connectivity index (χ2n) is 4.40. The Hall–Kier alpha value is -0.570. The van der Waals surface area contributed by atoms with Crippen LogP contribution in [0.1, 0.15) is 33.1 Å². The van der Waals surface area contributed by atoms with E-state index >= 15 is 0 Å². The average molecular weight is 199 g/mol. The predicted molar refractivity (Wildman–Crippen MR) is 56.1 cm³/mol. The highest BCUT2D eigenvalue weighted by Crippen LogP contribution is 2.21. The molecule has 1 fully saturated rings. The number of esters is 1. The van der Waals surface area contributed by atoms with Crippen LogP contribution in [-0.2, 0) is 9.53 Å². The van der Waals surface area contributed by atoms with E-state index in [2.05, 4.69) is 18.9 Å². The minimum absolute atomic E-state index is 0.170. The average Bonchev–Trinajstić information content (AvgIpc) is 2.08. The van der Waals surface area contributed by atoms with Gasteiger partial charge in [0.2, 0.25) is 0 Å². The van der Waals surface area contributed by atoms with Crippen LogP contribution in [0.15, 0.2) is 0 Å². The maximum atomic E-state index is 10.6. The van der Waals surface area contributed by atoms with Gasteiger partial charge in [0.05, 0.1) is 6.61 Å². The number of hydrogen-bond acceptors (Lipinski definition) is 3. The standard InChI is InChI=1S/C11H21NO2/c1-9-4-5-11(12(3)8-9)6-7-14-10(2)13/h9,11H,4-8H2,1-3H3. The van der Waals surface area contributed by atoms with Crippen molar-refractivity contribution in [2.45, 2.75) is 39.2 Å². The zero-order valence-corrected chi connectivity index (χ0v) is 9.45. The summed E-state index contributed by atoms with van der Waals surface area (Å²) in [4.78, 5) is 13.0. The van der Waals surface area contributed by atoms with Crippen LogP contribution in [0.5, 0.6) is 0 Å². The molecule has 2 unspecified atom stereocenters. The van der Waals surface area contributed by atoms with Gasteiger partial charge in [0.1, 0.15) is 0 Å². The first-order valence-electron chi connectivity index (χ1n) is 5.43. The zero-order chi connectivity index (χ0) is 10.6. The molecule has 1 aliphatic heterocycles. The molecule has 1 heterocycles. The summed E-state index contributed by atoms with van der Waals surface area (Å²) in [6, 6.07) is 0.602. The zero-order valence-electron chi connectivity index (χ0n) is 9.45. The van der Waals surface area contributed by atoms with Crippen molar-refractivity contribution in [2.75, 3.05) is 20.2 Å². The van der Waals surface area contributed by atoms with E-state index < -0.39 is 0 Å². The van der Waals surface area contributed by atoms with Crippen LogP contribution < -0.4 is 0 Å². The molecule has 0 aromatic carbocycles. The molecule has 1 saturated heterocycles. The monoisotopic (exact) mass is 199 g/mol. The molecule has 0 spiro atoms. The lowest BCUT2D eigenvalue weighted by Gasteiger charge is -2.35. The normalized spacial score (nSPS) is 28.8. The molecule has 0 radical (unpaired) electrons. The van der Waals surface area contributed by atoms with Crippen molar-refractivity contribution in [2.24, 2.45) is 5.92 Å². The molecule has 1 aliphatic rings. The smallest absolute Gasteiger partial charge is 0.302 e. The van der Waals surface area contributed by atoms with Gasteiger partial charge in [0, 0.05) is 19.5 Å². The second kappa shape index (κ2) is 5.35. The van der Waals surface area contributed by atoms with Crippen LogP contribution in [-0.4, -0.2) is 37.1 Å². The molecule has 3 nitrogen and oxygen atoms in total. The van der Waals surface area contributed by atoms with Gasteiger partial charge in [-0.05, 0) is 32.2 Å². The first-order chi connectivity index (χ1) is 6.59. The highest BCUT2D eigenvalue weighted by molar-refractivity contribution is 5.65. The number of rotatable bonds is 3. The van der Waals surface area contributed by atoms with Crippen molar-refractivity contribution < 1.29 is 9.53 Å². The Balaban J connectivity index is 2.20.